The van der Waals surface area contributed by atoms with Crippen LogP contribution in [0, 0.1) is 11.3 Å². The Morgan fingerprint density at radius 2 is 1.93 bits per heavy atom. The predicted octanol–water partition coefficient (Wildman–Crippen LogP) is 1.95. The SMILES string of the molecule is O=C(Nc1ccc(N2CCCS2(=O)=O)cc1)N1C[C@@H]2CCC[C@@]2(C(=O)O)C1. The van der Waals surface area contributed by atoms with Crippen LogP contribution in [-0.2, 0) is 14.8 Å². The molecule has 3 fully saturated rings. The van der Waals surface area contributed by atoms with Gasteiger partial charge in [0.05, 0.1) is 16.9 Å². The highest BCUT2D eigenvalue weighted by Crippen LogP contribution is 2.48. The molecule has 9 heteroatoms. The minimum atomic E-state index is -3.23. The van der Waals surface area contributed by atoms with E-state index >= 15 is 0 Å². The first-order chi connectivity index (χ1) is 12.8. The van der Waals surface area contributed by atoms with E-state index in [0.29, 0.717) is 37.3 Å². The normalized spacial score (nSPS) is 29.0. The molecule has 27 heavy (non-hydrogen) atoms. The number of aliphatic carboxylic acids is 1. The molecule has 1 saturated carbocycles. The molecule has 146 valence electrons. The van der Waals surface area contributed by atoms with Crippen molar-refractivity contribution in [1.82, 2.24) is 4.90 Å². The van der Waals surface area contributed by atoms with E-state index in [4.69, 9.17) is 0 Å². The summed E-state index contributed by atoms with van der Waals surface area (Å²) in [7, 11) is -3.23. The number of hydrogen-bond donors (Lipinski definition) is 2. The standard InChI is InChI=1S/C18H23N3O5S/c22-16(23)18-8-1-3-13(18)11-20(12-18)17(24)19-14-4-6-15(7-5-14)21-9-2-10-27(21,25)26/h4-7,13H,1-3,8-12H2,(H,19,24)(H,22,23)/t13-,18+/m0/s1. The zero-order valence-corrected chi connectivity index (χ0v) is 15.7. The Kier molecular flexibility index (Phi) is 4.29. The van der Waals surface area contributed by atoms with Crippen molar-refractivity contribution >= 4 is 33.4 Å². The summed E-state index contributed by atoms with van der Waals surface area (Å²) in [5, 5.41) is 12.4. The lowest BCUT2D eigenvalue weighted by molar-refractivity contribution is -0.149. The summed E-state index contributed by atoms with van der Waals surface area (Å²) in [5.41, 5.74) is 0.346. The van der Waals surface area contributed by atoms with E-state index < -0.39 is 21.4 Å². The first-order valence-corrected chi connectivity index (χ1v) is 10.8. The maximum atomic E-state index is 12.6. The van der Waals surface area contributed by atoms with E-state index in [1.165, 1.54) is 4.31 Å². The topological polar surface area (TPSA) is 107 Å². The number of carboxylic acids is 1. The highest BCUT2D eigenvalue weighted by Gasteiger charge is 2.55. The Morgan fingerprint density at radius 1 is 1.19 bits per heavy atom. The molecule has 1 aromatic rings. The van der Waals surface area contributed by atoms with Gasteiger partial charge in [-0.05, 0) is 49.4 Å². The van der Waals surface area contributed by atoms with Crippen LogP contribution in [0.5, 0.6) is 0 Å². The molecule has 8 nitrogen and oxygen atoms in total. The molecule has 1 aliphatic carbocycles. The van der Waals surface area contributed by atoms with Crippen molar-refractivity contribution in [2.45, 2.75) is 25.7 Å². The zero-order valence-electron chi connectivity index (χ0n) is 14.9. The molecule has 1 aromatic carbocycles. The van der Waals surface area contributed by atoms with Crippen LogP contribution in [0.4, 0.5) is 16.2 Å². The minimum Gasteiger partial charge on any atom is -0.481 e. The number of hydrogen-bond acceptors (Lipinski definition) is 4. The Morgan fingerprint density at radius 3 is 2.52 bits per heavy atom. The number of nitrogens with zero attached hydrogens (tertiary/aromatic N) is 2. The van der Waals surface area contributed by atoms with E-state index in [1.807, 2.05) is 0 Å². The van der Waals surface area contributed by atoms with Crippen LogP contribution >= 0.6 is 0 Å². The third-order valence-electron chi connectivity index (χ3n) is 6.09. The third-order valence-corrected chi connectivity index (χ3v) is 7.96. The monoisotopic (exact) mass is 393 g/mol. The maximum Gasteiger partial charge on any atom is 0.321 e. The lowest BCUT2D eigenvalue weighted by Crippen LogP contribution is -2.38. The van der Waals surface area contributed by atoms with Crippen LogP contribution in [-0.4, -0.2) is 55.8 Å². The molecule has 0 unspecified atom stereocenters. The smallest absolute Gasteiger partial charge is 0.321 e. The second-order valence-corrected chi connectivity index (χ2v) is 9.66. The van der Waals surface area contributed by atoms with Crippen LogP contribution in [0.2, 0.25) is 0 Å². The van der Waals surface area contributed by atoms with E-state index in [9.17, 15) is 23.1 Å². The van der Waals surface area contributed by atoms with Crippen LogP contribution in [0.25, 0.3) is 0 Å². The number of carbonyl (C=O) groups is 2. The van der Waals surface area contributed by atoms with Gasteiger partial charge in [-0.3, -0.25) is 9.10 Å². The van der Waals surface area contributed by atoms with Crippen LogP contribution in [0.15, 0.2) is 24.3 Å². The highest BCUT2D eigenvalue weighted by molar-refractivity contribution is 7.93. The number of likely N-dealkylation sites (tertiary alicyclic amines) is 1. The second kappa shape index (κ2) is 6.40. The summed E-state index contributed by atoms with van der Waals surface area (Å²) in [5.74, 6) is -0.632. The van der Waals surface area contributed by atoms with Gasteiger partial charge in [0.25, 0.3) is 0 Å². The second-order valence-electron chi connectivity index (χ2n) is 7.65. The van der Waals surface area contributed by atoms with Gasteiger partial charge in [0.1, 0.15) is 0 Å². The number of carboxylic acid groups (broad SMARTS) is 1. The lowest BCUT2D eigenvalue weighted by atomic mass is 9.81. The lowest BCUT2D eigenvalue weighted by Gasteiger charge is -2.23. The van der Waals surface area contributed by atoms with Crippen LogP contribution in [0.1, 0.15) is 25.7 Å². The quantitative estimate of drug-likeness (QED) is 0.816. The number of benzene rings is 1. The first kappa shape index (κ1) is 18.1. The fraction of sp³-hybridized carbons (Fsp3) is 0.556. The average molecular weight is 393 g/mol. The summed E-state index contributed by atoms with van der Waals surface area (Å²) >= 11 is 0. The van der Waals surface area contributed by atoms with Gasteiger partial charge < -0.3 is 15.3 Å². The zero-order chi connectivity index (χ0) is 19.2. The Bertz CT molecular complexity index is 869. The number of fused-ring (bicyclic) bond motifs is 1. The van der Waals surface area contributed by atoms with E-state index in [-0.39, 0.29) is 24.2 Å². The molecular weight excluding hydrogens is 370 g/mol. The van der Waals surface area contributed by atoms with Gasteiger partial charge in [-0.25, -0.2) is 13.2 Å². The molecule has 2 aliphatic heterocycles. The first-order valence-electron chi connectivity index (χ1n) is 9.22. The predicted molar refractivity (Wildman–Crippen MR) is 100 cm³/mol. The van der Waals surface area contributed by atoms with Crippen molar-refractivity contribution in [2.75, 3.05) is 35.0 Å². The average Bonchev–Trinajstić information content (AvgIpc) is 3.27. The molecule has 3 aliphatic rings. The molecule has 2 atom stereocenters. The summed E-state index contributed by atoms with van der Waals surface area (Å²) in [4.78, 5) is 25.9. The molecular formula is C18H23N3O5S. The van der Waals surface area contributed by atoms with Crippen molar-refractivity contribution in [3.8, 4) is 0 Å². The van der Waals surface area contributed by atoms with E-state index in [0.717, 1.165) is 12.8 Å². The van der Waals surface area contributed by atoms with Crippen molar-refractivity contribution in [2.24, 2.45) is 11.3 Å². The highest BCUT2D eigenvalue weighted by atomic mass is 32.2. The van der Waals surface area contributed by atoms with Gasteiger partial charge in [0, 0.05) is 25.3 Å². The Hall–Kier alpha value is -2.29. The maximum absolute atomic E-state index is 12.6. The summed E-state index contributed by atoms with van der Waals surface area (Å²) < 4.78 is 25.3. The van der Waals surface area contributed by atoms with Gasteiger partial charge in [-0.1, -0.05) is 6.42 Å². The molecule has 0 spiro atoms. The number of sulfonamides is 1. The van der Waals surface area contributed by atoms with Gasteiger partial charge >= 0.3 is 12.0 Å². The molecule has 2 amide bonds. The third kappa shape index (κ3) is 3.03. The van der Waals surface area contributed by atoms with Gasteiger partial charge in [0.15, 0.2) is 0 Å². The van der Waals surface area contributed by atoms with Gasteiger partial charge in [0.2, 0.25) is 10.0 Å². The minimum absolute atomic E-state index is 0.0171. The molecule has 2 saturated heterocycles. The number of nitrogens with one attached hydrogen (secondary N) is 1. The molecule has 4 rings (SSSR count). The van der Waals surface area contributed by atoms with Gasteiger partial charge in [-0.15, -0.1) is 0 Å². The van der Waals surface area contributed by atoms with Gasteiger partial charge in [-0.2, -0.15) is 0 Å². The van der Waals surface area contributed by atoms with Crippen molar-refractivity contribution in [3.05, 3.63) is 24.3 Å². The van der Waals surface area contributed by atoms with Crippen LogP contribution < -0.4 is 9.62 Å². The van der Waals surface area contributed by atoms with Crippen molar-refractivity contribution in [3.63, 3.8) is 0 Å². The number of amides is 2. The van der Waals surface area contributed by atoms with Crippen molar-refractivity contribution in [1.29, 1.82) is 0 Å². The molecule has 0 radical (unpaired) electrons. The molecule has 0 bridgehead atoms. The summed E-state index contributed by atoms with van der Waals surface area (Å²) in [6.07, 6.45) is 2.97. The summed E-state index contributed by atoms with van der Waals surface area (Å²) in [6, 6.07) is 6.38. The number of urea groups is 1. The number of rotatable bonds is 3. The fourth-order valence-corrected chi connectivity index (χ4v) is 6.20. The fourth-order valence-electron chi connectivity index (χ4n) is 4.64. The number of carbonyl (C=O) groups excluding carboxylic acids is 1. The largest absolute Gasteiger partial charge is 0.481 e. The molecule has 2 N–H and O–H groups in total. The molecule has 2 heterocycles. The molecule has 0 aromatic heterocycles. The number of anilines is 2. The van der Waals surface area contributed by atoms with E-state index in [2.05, 4.69) is 5.32 Å². The van der Waals surface area contributed by atoms with Crippen molar-refractivity contribution < 1.29 is 23.1 Å². The Balaban J connectivity index is 1.43. The van der Waals surface area contributed by atoms with Crippen LogP contribution in [0.3, 0.4) is 0 Å². The Labute approximate surface area is 158 Å². The van der Waals surface area contributed by atoms with E-state index in [1.54, 1.807) is 29.2 Å². The summed E-state index contributed by atoms with van der Waals surface area (Å²) in [6.45, 7) is 1.17.